The number of hydrogen-bond acceptors (Lipinski definition) is 3. The predicted molar refractivity (Wildman–Crippen MR) is 87.5 cm³/mol. The molecule has 0 saturated heterocycles. The summed E-state index contributed by atoms with van der Waals surface area (Å²) in [5, 5.41) is 9.52. The second-order valence-electron chi connectivity index (χ2n) is 7.88. The average Bonchev–Trinajstić information content (AvgIpc) is 3.18. The second-order valence-corrected chi connectivity index (χ2v) is 12.7. The Morgan fingerprint density at radius 3 is 2.45 bits per heavy atom. The highest BCUT2D eigenvalue weighted by Gasteiger charge is 2.43. The van der Waals surface area contributed by atoms with Crippen molar-refractivity contribution in [1.29, 1.82) is 0 Å². The van der Waals surface area contributed by atoms with Crippen molar-refractivity contribution in [2.24, 2.45) is 5.92 Å². The lowest BCUT2D eigenvalue weighted by molar-refractivity contribution is -0.116. The number of ketones is 1. The van der Waals surface area contributed by atoms with E-state index < -0.39 is 14.4 Å². The smallest absolute Gasteiger partial charge is 0.408 e. The Hall–Kier alpha value is -1.14. The van der Waals surface area contributed by atoms with Crippen LogP contribution in [0.1, 0.15) is 33.6 Å². The number of carboxylic acid groups (broad SMARTS) is 1. The van der Waals surface area contributed by atoms with Crippen molar-refractivity contribution < 1.29 is 19.1 Å². The summed E-state index contributed by atoms with van der Waals surface area (Å²) in [6.07, 6.45) is 2.71. The van der Waals surface area contributed by atoms with Crippen molar-refractivity contribution in [3.8, 4) is 0 Å². The zero-order valence-corrected chi connectivity index (χ0v) is 15.2. The first-order valence-electron chi connectivity index (χ1n) is 7.91. The standard InChI is InChI=1S/C16H27NO4Si/c1-16(2,3)22(4,5)21-10-14-13(11-6-7-11)8-12(18)9-17(14)15(19)20/h8,11,14H,6-7,9-10H2,1-5H3,(H,19,20). The first-order valence-corrected chi connectivity index (χ1v) is 10.8. The molecule has 0 bridgehead atoms. The molecule has 1 aliphatic carbocycles. The summed E-state index contributed by atoms with van der Waals surface area (Å²) in [5.41, 5.74) is 0.956. The molecule has 1 heterocycles. The summed E-state index contributed by atoms with van der Waals surface area (Å²) >= 11 is 0. The number of nitrogens with zero attached hydrogens (tertiary/aromatic N) is 1. The largest absolute Gasteiger partial charge is 0.465 e. The summed E-state index contributed by atoms with van der Waals surface area (Å²) < 4.78 is 6.24. The van der Waals surface area contributed by atoms with Gasteiger partial charge in [-0.05, 0) is 48.5 Å². The van der Waals surface area contributed by atoms with Gasteiger partial charge in [0.15, 0.2) is 14.1 Å². The van der Waals surface area contributed by atoms with Crippen LogP contribution in [0.25, 0.3) is 0 Å². The molecule has 1 amide bonds. The van der Waals surface area contributed by atoms with Crippen LogP contribution in [0.3, 0.4) is 0 Å². The number of amides is 1. The van der Waals surface area contributed by atoms with E-state index in [1.807, 2.05) is 0 Å². The fourth-order valence-corrected chi connectivity index (χ4v) is 3.49. The van der Waals surface area contributed by atoms with Crippen LogP contribution in [-0.4, -0.2) is 49.4 Å². The molecule has 0 aromatic carbocycles. The maximum absolute atomic E-state index is 11.8. The summed E-state index contributed by atoms with van der Waals surface area (Å²) in [6.45, 7) is 11.1. The highest BCUT2D eigenvalue weighted by Crippen LogP contribution is 2.42. The lowest BCUT2D eigenvalue weighted by Gasteiger charge is -2.40. The third-order valence-corrected chi connectivity index (χ3v) is 9.62. The van der Waals surface area contributed by atoms with E-state index in [2.05, 4.69) is 33.9 Å². The molecule has 0 radical (unpaired) electrons. The Labute approximate surface area is 133 Å². The van der Waals surface area contributed by atoms with Gasteiger partial charge in [0.05, 0.1) is 19.2 Å². The maximum atomic E-state index is 11.8. The molecule has 0 aromatic heterocycles. The lowest BCUT2D eigenvalue weighted by atomic mass is 9.96. The molecule has 1 N–H and O–H groups in total. The molecule has 1 atom stereocenters. The molecule has 1 saturated carbocycles. The Morgan fingerprint density at radius 1 is 1.41 bits per heavy atom. The molecule has 124 valence electrons. The molecule has 1 unspecified atom stereocenters. The van der Waals surface area contributed by atoms with Crippen LogP contribution in [0, 0.1) is 5.92 Å². The van der Waals surface area contributed by atoms with Crippen LogP contribution >= 0.6 is 0 Å². The van der Waals surface area contributed by atoms with Gasteiger partial charge in [-0.15, -0.1) is 0 Å². The molecular formula is C16H27NO4Si. The van der Waals surface area contributed by atoms with Gasteiger partial charge in [-0.3, -0.25) is 9.69 Å². The summed E-state index contributed by atoms with van der Waals surface area (Å²) in [7, 11) is -1.95. The van der Waals surface area contributed by atoms with E-state index in [0.717, 1.165) is 18.4 Å². The van der Waals surface area contributed by atoms with Crippen molar-refractivity contribution in [3.05, 3.63) is 11.6 Å². The first kappa shape index (κ1) is 17.2. The van der Waals surface area contributed by atoms with Crippen LogP contribution < -0.4 is 0 Å². The van der Waals surface area contributed by atoms with Crippen LogP contribution in [0.2, 0.25) is 18.1 Å². The van der Waals surface area contributed by atoms with Gasteiger partial charge in [0.2, 0.25) is 0 Å². The van der Waals surface area contributed by atoms with Crippen LogP contribution in [0.4, 0.5) is 4.79 Å². The first-order chi connectivity index (χ1) is 10.0. The van der Waals surface area contributed by atoms with E-state index in [0.29, 0.717) is 12.5 Å². The van der Waals surface area contributed by atoms with Crippen molar-refractivity contribution in [2.45, 2.75) is 57.8 Å². The highest BCUT2D eigenvalue weighted by molar-refractivity contribution is 6.74. The molecule has 1 fully saturated rings. The number of hydrogen-bond donors (Lipinski definition) is 1. The summed E-state index contributed by atoms with van der Waals surface area (Å²) in [6, 6.07) is -0.308. The fourth-order valence-electron chi connectivity index (χ4n) is 2.48. The van der Waals surface area contributed by atoms with E-state index in [-0.39, 0.29) is 23.4 Å². The van der Waals surface area contributed by atoms with Crippen molar-refractivity contribution in [2.75, 3.05) is 13.2 Å². The van der Waals surface area contributed by atoms with E-state index >= 15 is 0 Å². The number of carbonyl (C=O) groups excluding carboxylic acids is 1. The SMILES string of the molecule is CC(C)(C)[Si](C)(C)OCC1C(C2CC2)=CC(=O)CN1C(=O)O. The van der Waals surface area contributed by atoms with Gasteiger partial charge in [-0.1, -0.05) is 20.8 Å². The zero-order valence-electron chi connectivity index (χ0n) is 14.2. The van der Waals surface area contributed by atoms with E-state index in [9.17, 15) is 14.7 Å². The molecule has 5 nitrogen and oxygen atoms in total. The van der Waals surface area contributed by atoms with Crippen LogP contribution in [0.15, 0.2) is 11.6 Å². The van der Waals surface area contributed by atoms with Gasteiger partial charge in [0, 0.05) is 0 Å². The third-order valence-electron chi connectivity index (χ3n) is 5.12. The maximum Gasteiger partial charge on any atom is 0.408 e. The van der Waals surface area contributed by atoms with Gasteiger partial charge in [0.1, 0.15) is 0 Å². The average molecular weight is 325 g/mol. The fraction of sp³-hybridized carbons (Fsp3) is 0.750. The van der Waals surface area contributed by atoms with Gasteiger partial charge < -0.3 is 9.53 Å². The molecule has 22 heavy (non-hydrogen) atoms. The Kier molecular flexibility index (Phi) is 4.55. The van der Waals surface area contributed by atoms with E-state index in [4.69, 9.17) is 4.43 Å². The zero-order chi connectivity index (χ0) is 16.7. The Morgan fingerprint density at radius 2 is 2.00 bits per heavy atom. The molecule has 1 aliphatic heterocycles. The summed E-state index contributed by atoms with van der Waals surface area (Å²) in [5.74, 6) is 0.243. The number of carbonyl (C=O) groups is 2. The molecular weight excluding hydrogens is 298 g/mol. The minimum Gasteiger partial charge on any atom is -0.465 e. The minimum atomic E-state index is -1.95. The Balaban J connectivity index is 2.18. The van der Waals surface area contributed by atoms with Crippen LogP contribution in [0.5, 0.6) is 0 Å². The van der Waals surface area contributed by atoms with Crippen molar-refractivity contribution in [1.82, 2.24) is 4.90 Å². The quantitative estimate of drug-likeness (QED) is 0.806. The monoisotopic (exact) mass is 325 g/mol. The van der Waals surface area contributed by atoms with Gasteiger partial charge in [0.25, 0.3) is 0 Å². The van der Waals surface area contributed by atoms with Crippen molar-refractivity contribution >= 4 is 20.2 Å². The van der Waals surface area contributed by atoms with E-state index in [1.54, 1.807) is 6.08 Å². The number of rotatable bonds is 4. The topological polar surface area (TPSA) is 66.8 Å². The third kappa shape index (κ3) is 3.60. The highest BCUT2D eigenvalue weighted by atomic mass is 28.4. The molecule has 0 spiro atoms. The molecule has 6 heteroatoms. The second kappa shape index (κ2) is 5.81. The lowest BCUT2D eigenvalue weighted by Crippen LogP contribution is -2.52. The van der Waals surface area contributed by atoms with Gasteiger partial charge >= 0.3 is 6.09 Å². The molecule has 2 aliphatic rings. The molecule has 0 aromatic rings. The van der Waals surface area contributed by atoms with Gasteiger partial charge in [-0.25, -0.2) is 4.79 Å². The minimum absolute atomic E-state index is 0.0585. The normalized spacial score (nSPS) is 23.5. The molecule has 2 rings (SSSR count). The van der Waals surface area contributed by atoms with E-state index in [1.165, 1.54) is 4.90 Å². The van der Waals surface area contributed by atoms with Gasteiger partial charge in [-0.2, -0.15) is 0 Å². The Bertz CT molecular complexity index is 503. The predicted octanol–water partition coefficient (Wildman–Crippen LogP) is 3.28. The van der Waals surface area contributed by atoms with Crippen LogP contribution in [-0.2, 0) is 9.22 Å². The summed E-state index contributed by atoms with van der Waals surface area (Å²) in [4.78, 5) is 24.6. The van der Waals surface area contributed by atoms with Crippen molar-refractivity contribution in [3.63, 3.8) is 0 Å².